The Bertz CT molecular complexity index is 824. The monoisotopic (exact) mass is 363 g/mol. The van der Waals surface area contributed by atoms with Crippen molar-refractivity contribution in [3.05, 3.63) is 34.7 Å². The van der Waals surface area contributed by atoms with Crippen LogP contribution in [0.1, 0.15) is 26.2 Å². The normalized spacial score (nSPS) is 12.2. The van der Waals surface area contributed by atoms with E-state index in [1.807, 2.05) is 31.2 Å². The lowest BCUT2D eigenvalue weighted by Crippen LogP contribution is -2.42. The van der Waals surface area contributed by atoms with Crippen molar-refractivity contribution in [2.75, 3.05) is 13.7 Å². The number of carbonyl (C=O) groups is 2. The minimum Gasteiger partial charge on any atom is -0.480 e. The van der Waals surface area contributed by atoms with Gasteiger partial charge in [0.2, 0.25) is 5.91 Å². The van der Waals surface area contributed by atoms with Gasteiger partial charge in [-0.25, -0.2) is 9.59 Å². The lowest BCUT2D eigenvalue weighted by atomic mass is 10.2. The molecule has 1 heterocycles. The van der Waals surface area contributed by atoms with Crippen LogP contribution in [0.25, 0.3) is 11.0 Å². The highest BCUT2D eigenvalue weighted by molar-refractivity contribution is 5.83. The van der Waals surface area contributed by atoms with Gasteiger partial charge in [0.15, 0.2) is 0 Å². The summed E-state index contributed by atoms with van der Waals surface area (Å²) in [4.78, 5) is 36.0. The molecule has 0 aliphatic heterocycles. The Hall–Kier alpha value is -2.61. The summed E-state index contributed by atoms with van der Waals surface area (Å²) < 4.78 is 8.13. The van der Waals surface area contributed by atoms with Crippen molar-refractivity contribution in [1.29, 1.82) is 0 Å². The predicted octanol–water partition coefficient (Wildman–Crippen LogP) is 1.21. The molecule has 0 fully saturated rings. The maximum absolute atomic E-state index is 12.6. The Balaban J connectivity index is 2.11. The molecule has 142 valence electrons. The van der Waals surface area contributed by atoms with Crippen LogP contribution >= 0.6 is 0 Å². The van der Waals surface area contributed by atoms with Gasteiger partial charge in [-0.3, -0.25) is 13.9 Å². The zero-order valence-corrected chi connectivity index (χ0v) is 15.1. The molecule has 2 N–H and O–H groups in total. The van der Waals surface area contributed by atoms with Gasteiger partial charge in [0, 0.05) is 39.6 Å². The molecule has 0 radical (unpaired) electrons. The van der Waals surface area contributed by atoms with Gasteiger partial charge >= 0.3 is 11.7 Å². The van der Waals surface area contributed by atoms with Crippen molar-refractivity contribution >= 4 is 22.9 Å². The number of hydrogen-bond donors (Lipinski definition) is 2. The maximum atomic E-state index is 12.6. The van der Waals surface area contributed by atoms with Gasteiger partial charge in [-0.1, -0.05) is 19.1 Å². The molecule has 1 unspecified atom stereocenters. The molecule has 26 heavy (non-hydrogen) atoms. The molecule has 0 saturated carbocycles. The maximum Gasteiger partial charge on any atom is 0.329 e. The van der Waals surface area contributed by atoms with Gasteiger partial charge in [0.05, 0.1) is 11.0 Å². The van der Waals surface area contributed by atoms with Gasteiger partial charge < -0.3 is 15.2 Å². The molecule has 8 heteroatoms. The van der Waals surface area contributed by atoms with Crippen LogP contribution in [-0.4, -0.2) is 45.9 Å². The van der Waals surface area contributed by atoms with Crippen molar-refractivity contribution in [2.24, 2.45) is 0 Å². The lowest BCUT2D eigenvalue weighted by molar-refractivity contribution is -0.142. The molecule has 1 aromatic carbocycles. The number of aliphatic carboxylic acids is 1. The molecule has 1 atom stereocenters. The molecule has 2 aromatic rings. The fraction of sp³-hybridized carbons (Fsp3) is 0.500. The van der Waals surface area contributed by atoms with E-state index in [2.05, 4.69) is 5.32 Å². The van der Waals surface area contributed by atoms with Crippen molar-refractivity contribution in [3.63, 3.8) is 0 Å². The van der Waals surface area contributed by atoms with Gasteiger partial charge in [0.1, 0.15) is 6.04 Å². The highest BCUT2D eigenvalue weighted by Crippen LogP contribution is 2.13. The third kappa shape index (κ3) is 4.51. The Morgan fingerprint density at radius 3 is 2.35 bits per heavy atom. The van der Waals surface area contributed by atoms with Gasteiger partial charge in [0.25, 0.3) is 0 Å². The van der Waals surface area contributed by atoms with Crippen molar-refractivity contribution in [3.8, 4) is 0 Å². The zero-order chi connectivity index (χ0) is 19.1. The number of amides is 1. The lowest BCUT2D eigenvalue weighted by Gasteiger charge is -2.14. The first-order valence-electron chi connectivity index (χ1n) is 8.68. The van der Waals surface area contributed by atoms with Crippen LogP contribution in [0.3, 0.4) is 0 Å². The van der Waals surface area contributed by atoms with E-state index in [9.17, 15) is 14.4 Å². The minimum absolute atomic E-state index is 0.0246. The summed E-state index contributed by atoms with van der Waals surface area (Å²) in [5.41, 5.74) is 1.45. The van der Waals surface area contributed by atoms with Crippen molar-refractivity contribution in [1.82, 2.24) is 14.5 Å². The average molecular weight is 363 g/mol. The number of aromatic nitrogens is 2. The summed E-state index contributed by atoms with van der Waals surface area (Å²) in [6, 6.07) is 6.45. The Morgan fingerprint density at radius 2 is 1.81 bits per heavy atom. The van der Waals surface area contributed by atoms with Gasteiger partial charge in [-0.2, -0.15) is 0 Å². The van der Waals surface area contributed by atoms with E-state index in [4.69, 9.17) is 9.84 Å². The summed E-state index contributed by atoms with van der Waals surface area (Å²) >= 11 is 0. The first-order valence-corrected chi connectivity index (χ1v) is 8.68. The zero-order valence-electron chi connectivity index (χ0n) is 15.1. The Labute approximate surface area is 151 Å². The highest BCUT2D eigenvalue weighted by atomic mass is 16.5. The first kappa shape index (κ1) is 19.7. The largest absolute Gasteiger partial charge is 0.480 e. The molecule has 0 saturated heterocycles. The molecule has 0 aliphatic carbocycles. The van der Waals surface area contributed by atoms with Crippen LogP contribution in [0.15, 0.2) is 29.1 Å². The van der Waals surface area contributed by atoms with Crippen molar-refractivity contribution < 1.29 is 19.4 Å². The second kappa shape index (κ2) is 9.19. The van der Waals surface area contributed by atoms with Crippen LogP contribution < -0.4 is 11.0 Å². The quantitative estimate of drug-likeness (QED) is 0.660. The molecule has 8 nitrogen and oxygen atoms in total. The number of imidazole rings is 1. The average Bonchev–Trinajstić information content (AvgIpc) is 2.89. The molecule has 2 rings (SSSR count). The number of carbonyl (C=O) groups excluding carboxylic acids is 1. The molecule has 0 aliphatic rings. The van der Waals surface area contributed by atoms with E-state index < -0.39 is 17.9 Å². The van der Waals surface area contributed by atoms with E-state index in [0.717, 1.165) is 17.5 Å². The summed E-state index contributed by atoms with van der Waals surface area (Å²) in [6.45, 7) is 3.04. The van der Waals surface area contributed by atoms with E-state index in [0.29, 0.717) is 6.54 Å². The molecular formula is C18H25N3O5. The summed E-state index contributed by atoms with van der Waals surface area (Å²) in [5, 5.41) is 11.6. The number of rotatable bonds is 10. The number of carboxylic acid groups (broad SMARTS) is 1. The van der Waals surface area contributed by atoms with Crippen LogP contribution in [0, 0.1) is 0 Å². The minimum atomic E-state index is -1.10. The standard InChI is InChI=1S/C18H25N3O5/c1-3-10-20-14-6-4-5-7-15(14)21(18(20)25)11-8-16(22)19-13(17(23)24)9-12-26-2/h4-7,13H,3,8-12H2,1-2H3,(H,19,22)(H,23,24). The summed E-state index contributed by atoms with van der Waals surface area (Å²) in [6.07, 6.45) is 1.04. The van der Waals surface area contributed by atoms with E-state index >= 15 is 0 Å². The number of nitrogens with zero attached hydrogens (tertiary/aromatic N) is 2. The number of para-hydroxylation sites is 2. The number of hydrogen-bond acceptors (Lipinski definition) is 4. The molecular weight excluding hydrogens is 338 g/mol. The van der Waals surface area contributed by atoms with Crippen LogP contribution in [0.4, 0.5) is 0 Å². The summed E-state index contributed by atoms with van der Waals surface area (Å²) in [5.74, 6) is -1.51. The molecule has 1 aromatic heterocycles. The SMILES string of the molecule is CCCn1c(=O)n(CCC(=O)NC(CCOC)C(=O)O)c2ccccc21. The van der Waals surface area contributed by atoms with E-state index in [1.165, 1.54) is 7.11 Å². The fourth-order valence-electron chi connectivity index (χ4n) is 2.90. The van der Waals surface area contributed by atoms with E-state index in [-0.39, 0.29) is 31.7 Å². The number of methoxy groups -OCH3 is 1. The predicted molar refractivity (Wildman–Crippen MR) is 97.2 cm³/mol. The third-order valence-electron chi connectivity index (χ3n) is 4.18. The van der Waals surface area contributed by atoms with Crippen LogP contribution in [0.2, 0.25) is 0 Å². The molecule has 1 amide bonds. The number of aryl methyl sites for hydroxylation is 2. The second-order valence-corrected chi connectivity index (χ2v) is 6.06. The number of fused-ring (bicyclic) bond motifs is 1. The number of ether oxygens (including phenoxy) is 1. The van der Waals surface area contributed by atoms with Gasteiger partial charge in [-0.05, 0) is 18.6 Å². The second-order valence-electron chi connectivity index (χ2n) is 6.06. The van der Waals surface area contributed by atoms with Crippen LogP contribution in [0.5, 0.6) is 0 Å². The third-order valence-corrected chi connectivity index (χ3v) is 4.18. The Kier molecular flexibility index (Phi) is 6.97. The fourth-order valence-corrected chi connectivity index (χ4v) is 2.90. The highest BCUT2D eigenvalue weighted by Gasteiger charge is 2.20. The summed E-state index contributed by atoms with van der Waals surface area (Å²) in [7, 11) is 1.47. The Morgan fingerprint density at radius 1 is 1.19 bits per heavy atom. The van der Waals surface area contributed by atoms with Crippen molar-refractivity contribution in [2.45, 2.75) is 45.3 Å². The number of carboxylic acids is 1. The topological polar surface area (TPSA) is 103 Å². The van der Waals surface area contributed by atoms with Crippen LogP contribution in [-0.2, 0) is 27.4 Å². The first-order chi connectivity index (χ1) is 12.5. The van der Waals surface area contributed by atoms with E-state index in [1.54, 1.807) is 9.13 Å². The molecule has 0 spiro atoms. The molecule has 0 bridgehead atoms. The van der Waals surface area contributed by atoms with Gasteiger partial charge in [-0.15, -0.1) is 0 Å². The number of nitrogens with one attached hydrogen (secondary N) is 1. The smallest absolute Gasteiger partial charge is 0.329 e. The number of benzene rings is 1.